The minimum Gasteiger partial charge on any atom is -0.330 e. The molecule has 0 amide bonds. The summed E-state index contributed by atoms with van der Waals surface area (Å²) in [6.45, 7) is 25.1. The standard InChI is InChI=1S/C34H58N2O2/c1-12-14-29(3,4)16-18-32(9,23-36)19-17-30(5,6)34(11)15-13-26-31(7,8)28(38)25(22-35)21-33(26,10)27(34)20-24(2)37/h21,26-27H,12-20,23,36H2,1-11H3/t26-,27+,32-,33-,34+/m0/s1. The zero-order valence-corrected chi connectivity index (χ0v) is 26.6. The Balaban J connectivity index is 2.44. The molecule has 4 heteroatoms. The molecule has 5 atom stereocenters. The Kier molecular flexibility index (Phi) is 9.64. The van der Waals surface area contributed by atoms with E-state index in [-0.39, 0.29) is 50.6 Å². The Morgan fingerprint density at radius 1 is 1.05 bits per heavy atom. The monoisotopic (exact) mass is 526 g/mol. The summed E-state index contributed by atoms with van der Waals surface area (Å²) in [7, 11) is 0. The second-order valence-corrected chi connectivity index (χ2v) is 15.9. The molecule has 216 valence electrons. The van der Waals surface area contributed by atoms with Crippen LogP contribution in [-0.2, 0) is 9.59 Å². The fraction of sp³-hybridized carbons (Fsp3) is 0.853. The van der Waals surface area contributed by atoms with Crippen molar-refractivity contribution in [1.29, 1.82) is 5.26 Å². The molecule has 1 saturated carbocycles. The summed E-state index contributed by atoms with van der Waals surface area (Å²) in [6.07, 6.45) is 11.2. The van der Waals surface area contributed by atoms with Gasteiger partial charge in [-0.25, -0.2) is 0 Å². The summed E-state index contributed by atoms with van der Waals surface area (Å²) in [5, 5.41) is 9.88. The van der Waals surface area contributed by atoms with Crippen LogP contribution in [0.3, 0.4) is 0 Å². The van der Waals surface area contributed by atoms with Gasteiger partial charge >= 0.3 is 0 Å². The summed E-state index contributed by atoms with van der Waals surface area (Å²) >= 11 is 0. The first-order chi connectivity index (χ1) is 17.2. The fourth-order valence-corrected chi connectivity index (χ4v) is 8.38. The number of Topliss-reactive ketones (excluding diaryl/α,β-unsaturated/α-hetero) is 2. The number of hydrogen-bond donors (Lipinski definition) is 1. The number of allylic oxidation sites excluding steroid dienone is 2. The first kappa shape index (κ1) is 32.7. The molecule has 0 aromatic rings. The van der Waals surface area contributed by atoms with Gasteiger partial charge in [-0.05, 0) is 97.3 Å². The predicted molar refractivity (Wildman–Crippen MR) is 158 cm³/mol. The van der Waals surface area contributed by atoms with Gasteiger partial charge in [0.2, 0.25) is 0 Å². The lowest BCUT2D eigenvalue weighted by molar-refractivity contribution is -0.155. The Hall–Kier alpha value is -1.47. The van der Waals surface area contributed by atoms with E-state index >= 15 is 0 Å². The van der Waals surface area contributed by atoms with Gasteiger partial charge in [0.1, 0.15) is 11.9 Å². The maximum atomic E-state index is 13.2. The average molecular weight is 527 g/mol. The molecule has 0 unspecified atom stereocenters. The third-order valence-corrected chi connectivity index (χ3v) is 11.7. The van der Waals surface area contributed by atoms with Crippen LogP contribution < -0.4 is 5.73 Å². The molecule has 0 saturated heterocycles. The van der Waals surface area contributed by atoms with Crippen LogP contribution in [0.15, 0.2) is 11.6 Å². The van der Waals surface area contributed by atoms with Crippen LogP contribution in [0.4, 0.5) is 0 Å². The topological polar surface area (TPSA) is 83.9 Å². The van der Waals surface area contributed by atoms with E-state index in [0.29, 0.717) is 18.4 Å². The van der Waals surface area contributed by atoms with Crippen LogP contribution in [-0.4, -0.2) is 18.1 Å². The molecule has 4 nitrogen and oxygen atoms in total. The van der Waals surface area contributed by atoms with Crippen molar-refractivity contribution in [2.24, 2.45) is 50.1 Å². The van der Waals surface area contributed by atoms with E-state index < -0.39 is 5.41 Å². The second-order valence-electron chi connectivity index (χ2n) is 15.9. The average Bonchev–Trinajstić information content (AvgIpc) is 2.81. The molecular formula is C34H58N2O2. The van der Waals surface area contributed by atoms with Gasteiger partial charge < -0.3 is 10.5 Å². The van der Waals surface area contributed by atoms with E-state index in [1.807, 2.05) is 19.9 Å². The van der Waals surface area contributed by atoms with Crippen LogP contribution in [0.1, 0.15) is 134 Å². The third-order valence-electron chi connectivity index (χ3n) is 11.7. The Morgan fingerprint density at radius 3 is 2.13 bits per heavy atom. The molecule has 0 spiro atoms. The molecule has 0 radical (unpaired) electrons. The van der Waals surface area contributed by atoms with E-state index in [1.165, 1.54) is 19.3 Å². The van der Waals surface area contributed by atoms with Crippen LogP contribution in [0.2, 0.25) is 0 Å². The zero-order chi connectivity index (χ0) is 29.4. The molecule has 38 heavy (non-hydrogen) atoms. The van der Waals surface area contributed by atoms with Crippen molar-refractivity contribution in [1.82, 2.24) is 0 Å². The smallest absolute Gasteiger partial charge is 0.178 e. The van der Waals surface area contributed by atoms with E-state index in [4.69, 9.17) is 5.73 Å². The predicted octanol–water partition coefficient (Wildman–Crippen LogP) is 8.44. The maximum absolute atomic E-state index is 13.2. The highest BCUT2D eigenvalue weighted by molar-refractivity contribution is 6.04. The van der Waals surface area contributed by atoms with Gasteiger partial charge in [0.25, 0.3) is 0 Å². The van der Waals surface area contributed by atoms with Crippen molar-refractivity contribution in [3.8, 4) is 6.07 Å². The van der Waals surface area contributed by atoms with Crippen molar-refractivity contribution in [2.45, 2.75) is 134 Å². The van der Waals surface area contributed by atoms with E-state index in [2.05, 4.69) is 61.5 Å². The Bertz CT molecular complexity index is 967. The van der Waals surface area contributed by atoms with E-state index in [0.717, 1.165) is 32.1 Å². The third kappa shape index (κ3) is 6.14. The van der Waals surface area contributed by atoms with Gasteiger partial charge in [-0.1, -0.05) is 81.7 Å². The quantitative estimate of drug-likeness (QED) is 0.276. The number of ketones is 2. The normalized spacial score (nSPS) is 31.1. The van der Waals surface area contributed by atoms with Crippen molar-refractivity contribution >= 4 is 11.6 Å². The lowest BCUT2D eigenvalue weighted by Gasteiger charge is -2.64. The van der Waals surface area contributed by atoms with Crippen molar-refractivity contribution < 1.29 is 9.59 Å². The highest BCUT2D eigenvalue weighted by atomic mass is 16.1. The first-order valence-corrected chi connectivity index (χ1v) is 15.1. The highest BCUT2D eigenvalue weighted by Gasteiger charge is 2.63. The van der Waals surface area contributed by atoms with Crippen LogP contribution in [0.5, 0.6) is 0 Å². The van der Waals surface area contributed by atoms with Crippen molar-refractivity contribution in [2.75, 3.05) is 6.54 Å². The molecule has 0 heterocycles. The lowest BCUT2D eigenvalue weighted by atomic mass is 9.39. The number of carbonyl (C=O) groups excluding carboxylic acids is 2. The molecule has 0 aromatic carbocycles. The first-order valence-electron chi connectivity index (χ1n) is 15.1. The SMILES string of the molecule is CCCC(C)(C)CC[C@](C)(CN)CCC(C)(C)[C@]1(C)CC[C@H]2C(C)(C)C(=O)C(C#N)=C[C@]2(C)[C@H]1CC(C)=O. The second kappa shape index (κ2) is 11.2. The minimum atomic E-state index is -0.613. The molecule has 2 aliphatic carbocycles. The molecule has 1 fully saturated rings. The number of nitrogens with two attached hydrogens (primary N) is 1. The highest BCUT2D eigenvalue weighted by Crippen LogP contribution is 2.68. The number of hydrogen-bond acceptors (Lipinski definition) is 4. The summed E-state index contributed by atoms with van der Waals surface area (Å²) in [5.41, 5.74) is 5.95. The van der Waals surface area contributed by atoms with Crippen LogP contribution >= 0.6 is 0 Å². The number of carbonyl (C=O) groups is 2. The molecule has 2 rings (SSSR count). The number of rotatable bonds is 12. The van der Waals surface area contributed by atoms with Gasteiger partial charge in [-0.3, -0.25) is 4.79 Å². The number of nitrogens with zero attached hydrogens (tertiary/aromatic N) is 1. The molecule has 0 aliphatic heterocycles. The summed E-state index contributed by atoms with van der Waals surface area (Å²) in [5.74, 6) is 0.314. The van der Waals surface area contributed by atoms with Crippen LogP contribution in [0, 0.1) is 55.7 Å². The number of fused-ring (bicyclic) bond motifs is 1. The molecule has 0 aromatic heterocycles. The van der Waals surface area contributed by atoms with E-state index in [9.17, 15) is 14.9 Å². The van der Waals surface area contributed by atoms with Gasteiger partial charge in [0.15, 0.2) is 5.78 Å². The number of nitriles is 1. The Labute approximate surface area is 234 Å². The zero-order valence-electron chi connectivity index (χ0n) is 26.6. The van der Waals surface area contributed by atoms with Gasteiger partial charge in [-0.2, -0.15) is 5.26 Å². The lowest BCUT2D eigenvalue weighted by Crippen LogP contribution is -2.60. The van der Waals surface area contributed by atoms with Crippen LogP contribution in [0.25, 0.3) is 0 Å². The van der Waals surface area contributed by atoms with Crippen molar-refractivity contribution in [3.05, 3.63) is 11.6 Å². The molecule has 2 aliphatic rings. The van der Waals surface area contributed by atoms with Gasteiger partial charge in [-0.15, -0.1) is 0 Å². The summed E-state index contributed by atoms with van der Waals surface area (Å²) < 4.78 is 0. The van der Waals surface area contributed by atoms with Gasteiger partial charge in [0, 0.05) is 11.8 Å². The maximum Gasteiger partial charge on any atom is 0.178 e. The summed E-state index contributed by atoms with van der Waals surface area (Å²) in [4.78, 5) is 26.0. The molecular weight excluding hydrogens is 468 g/mol. The van der Waals surface area contributed by atoms with E-state index in [1.54, 1.807) is 6.92 Å². The molecule has 0 bridgehead atoms. The van der Waals surface area contributed by atoms with Gasteiger partial charge in [0.05, 0.1) is 5.57 Å². The summed E-state index contributed by atoms with van der Waals surface area (Å²) in [6, 6.07) is 2.21. The van der Waals surface area contributed by atoms with Crippen molar-refractivity contribution in [3.63, 3.8) is 0 Å². The molecule has 2 N–H and O–H groups in total. The largest absolute Gasteiger partial charge is 0.330 e. The fourth-order valence-electron chi connectivity index (χ4n) is 8.38. The minimum absolute atomic E-state index is 0.0390. The Morgan fingerprint density at radius 2 is 1.63 bits per heavy atom.